The molecule has 2 aliphatic rings. The van der Waals surface area contributed by atoms with E-state index in [1.54, 1.807) is 18.2 Å². The molecule has 0 aliphatic carbocycles. The molecule has 8 heteroatoms. The van der Waals surface area contributed by atoms with Gasteiger partial charge in [0.05, 0.1) is 12.8 Å². The summed E-state index contributed by atoms with van der Waals surface area (Å²) in [4.78, 5) is 28.2. The van der Waals surface area contributed by atoms with Gasteiger partial charge in [0.1, 0.15) is 5.75 Å². The maximum atomic E-state index is 12.5. The van der Waals surface area contributed by atoms with Crippen LogP contribution in [0.4, 0.5) is 16.2 Å². The molecular formula is C18H27N5O3. The molecule has 1 atom stereocenters. The Morgan fingerprint density at radius 2 is 1.96 bits per heavy atom. The van der Waals surface area contributed by atoms with Crippen molar-refractivity contribution in [2.24, 2.45) is 0 Å². The van der Waals surface area contributed by atoms with E-state index >= 15 is 0 Å². The number of anilines is 2. The van der Waals surface area contributed by atoms with Gasteiger partial charge >= 0.3 is 6.03 Å². The zero-order valence-corrected chi connectivity index (χ0v) is 15.4. The number of piperazine rings is 1. The molecule has 2 aliphatic heterocycles. The summed E-state index contributed by atoms with van der Waals surface area (Å²) in [5.41, 5.74) is 1.17. The summed E-state index contributed by atoms with van der Waals surface area (Å²) < 4.78 is 5.23. The van der Waals surface area contributed by atoms with Crippen molar-refractivity contribution >= 4 is 23.3 Å². The zero-order chi connectivity index (χ0) is 18.5. The van der Waals surface area contributed by atoms with Crippen molar-refractivity contribution in [3.63, 3.8) is 0 Å². The molecule has 1 aromatic carbocycles. The molecule has 1 aromatic rings. The van der Waals surface area contributed by atoms with Gasteiger partial charge in [0.25, 0.3) is 0 Å². The van der Waals surface area contributed by atoms with E-state index in [2.05, 4.69) is 20.9 Å². The van der Waals surface area contributed by atoms with Crippen LogP contribution in [0.15, 0.2) is 18.2 Å². The molecule has 0 spiro atoms. The number of hydrogen-bond donors (Lipinski definition) is 3. The highest BCUT2D eigenvalue weighted by molar-refractivity contribution is 5.94. The lowest BCUT2D eigenvalue weighted by atomic mass is 10.2. The van der Waals surface area contributed by atoms with Crippen LogP contribution in [-0.4, -0.2) is 74.2 Å². The molecule has 0 radical (unpaired) electrons. The molecule has 8 nitrogen and oxygen atoms in total. The highest BCUT2D eigenvalue weighted by Gasteiger charge is 2.27. The summed E-state index contributed by atoms with van der Waals surface area (Å²) >= 11 is 0. The smallest absolute Gasteiger partial charge is 0.321 e. The maximum Gasteiger partial charge on any atom is 0.321 e. The SMILES string of the molecule is COc1ccc(NC(=O)N2CCN([C@@H]3CCNC3)CC2)cc1NC(C)=O. The van der Waals surface area contributed by atoms with Crippen LogP contribution in [0, 0.1) is 0 Å². The monoisotopic (exact) mass is 361 g/mol. The largest absolute Gasteiger partial charge is 0.495 e. The third kappa shape index (κ3) is 4.44. The lowest BCUT2D eigenvalue weighted by molar-refractivity contribution is -0.114. The fourth-order valence-electron chi connectivity index (χ4n) is 3.52. The molecule has 2 fully saturated rings. The molecule has 3 N–H and O–H groups in total. The molecular weight excluding hydrogens is 334 g/mol. The van der Waals surface area contributed by atoms with Gasteiger partial charge in [0.2, 0.25) is 5.91 Å². The lowest BCUT2D eigenvalue weighted by Gasteiger charge is -2.37. The van der Waals surface area contributed by atoms with Gasteiger partial charge in [0, 0.05) is 51.4 Å². The quantitative estimate of drug-likeness (QED) is 0.749. The van der Waals surface area contributed by atoms with Crippen LogP contribution in [-0.2, 0) is 4.79 Å². The van der Waals surface area contributed by atoms with Gasteiger partial charge in [-0.3, -0.25) is 9.69 Å². The molecule has 26 heavy (non-hydrogen) atoms. The summed E-state index contributed by atoms with van der Waals surface area (Å²) in [7, 11) is 1.54. The zero-order valence-electron chi connectivity index (χ0n) is 15.4. The van der Waals surface area contributed by atoms with Crippen molar-refractivity contribution in [1.82, 2.24) is 15.1 Å². The minimum Gasteiger partial charge on any atom is -0.495 e. The summed E-state index contributed by atoms with van der Waals surface area (Å²) in [5.74, 6) is 0.362. The van der Waals surface area contributed by atoms with Crippen LogP contribution in [0.3, 0.4) is 0 Å². The Labute approximate surface area is 153 Å². The van der Waals surface area contributed by atoms with Gasteiger partial charge in [0.15, 0.2) is 0 Å². The molecule has 2 saturated heterocycles. The highest BCUT2D eigenvalue weighted by Crippen LogP contribution is 2.28. The van der Waals surface area contributed by atoms with Crippen molar-refractivity contribution in [3.05, 3.63) is 18.2 Å². The second-order valence-electron chi connectivity index (χ2n) is 6.70. The Morgan fingerprint density at radius 3 is 2.58 bits per heavy atom. The Bertz CT molecular complexity index is 652. The minimum absolute atomic E-state index is 0.117. The van der Waals surface area contributed by atoms with E-state index in [9.17, 15) is 9.59 Å². The number of amides is 3. The standard InChI is InChI=1S/C18H27N5O3/c1-13(24)20-16-11-14(3-4-17(16)26-2)21-18(25)23-9-7-22(8-10-23)15-5-6-19-12-15/h3-4,11,15,19H,5-10,12H2,1-2H3,(H,20,24)(H,21,25)/t15-/m1/s1. The Kier molecular flexibility index (Phi) is 5.95. The average molecular weight is 361 g/mol. The van der Waals surface area contributed by atoms with Crippen molar-refractivity contribution in [2.45, 2.75) is 19.4 Å². The molecule has 2 heterocycles. The van der Waals surface area contributed by atoms with Crippen LogP contribution < -0.4 is 20.7 Å². The number of ether oxygens (including phenoxy) is 1. The van der Waals surface area contributed by atoms with Crippen molar-refractivity contribution in [1.29, 1.82) is 0 Å². The van der Waals surface area contributed by atoms with Gasteiger partial charge in [-0.2, -0.15) is 0 Å². The van der Waals surface area contributed by atoms with Crippen molar-refractivity contribution in [3.8, 4) is 5.75 Å². The van der Waals surface area contributed by atoms with Crippen molar-refractivity contribution in [2.75, 3.05) is 57.0 Å². The molecule has 3 rings (SSSR count). The van der Waals surface area contributed by atoms with Crippen LogP contribution in [0.25, 0.3) is 0 Å². The Morgan fingerprint density at radius 1 is 1.19 bits per heavy atom. The van der Waals surface area contributed by atoms with E-state index in [1.165, 1.54) is 20.5 Å². The summed E-state index contributed by atoms with van der Waals surface area (Å²) in [6, 6.07) is 5.68. The van der Waals surface area contributed by atoms with E-state index in [1.807, 2.05) is 4.90 Å². The first-order valence-corrected chi connectivity index (χ1v) is 9.03. The van der Waals surface area contributed by atoms with Crippen LogP contribution in [0.5, 0.6) is 5.75 Å². The third-order valence-corrected chi connectivity index (χ3v) is 4.91. The van der Waals surface area contributed by atoms with Crippen molar-refractivity contribution < 1.29 is 14.3 Å². The molecule has 0 aromatic heterocycles. The maximum absolute atomic E-state index is 12.5. The summed E-state index contributed by atoms with van der Waals surface area (Å²) in [6.45, 7) is 6.81. The molecule has 142 valence electrons. The number of benzene rings is 1. The number of hydrogen-bond acceptors (Lipinski definition) is 5. The first kappa shape index (κ1) is 18.5. The first-order chi connectivity index (χ1) is 12.6. The third-order valence-electron chi connectivity index (χ3n) is 4.91. The van der Waals surface area contributed by atoms with Gasteiger partial charge in [-0.15, -0.1) is 0 Å². The van der Waals surface area contributed by atoms with E-state index < -0.39 is 0 Å². The normalized spacial score (nSPS) is 20.7. The van der Waals surface area contributed by atoms with Gasteiger partial charge in [-0.1, -0.05) is 0 Å². The number of carbonyl (C=O) groups excluding carboxylic acids is 2. The van der Waals surface area contributed by atoms with Crippen LogP contribution >= 0.6 is 0 Å². The van der Waals surface area contributed by atoms with Crippen LogP contribution in [0.1, 0.15) is 13.3 Å². The van der Waals surface area contributed by atoms with E-state index in [-0.39, 0.29) is 11.9 Å². The number of carbonyl (C=O) groups is 2. The topological polar surface area (TPSA) is 85.9 Å². The number of methoxy groups -OCH3 is 1. The Hall–Kier alpha value is -2.32. The van der Waals surface area contributed by atoms with Gasteiger partial charge < -0.3 is 25.6 Å². The molecule has 0 bridgehead atoms. The van der Waals surface area contributed by atoms with Gasteiger partial charge in [-0.25, -0.2) is 4.79 Å². The second kappa shape index (κ2) is 8.37. The number of urea groups is 1. The number of nitrogens with zero attached hydrogens (tertiary/aromatic N) is 2. The summed E-state index contributed by atoms with van der Waals surface area (Å²) in [6.07, 6.45) is 1.18. The molecule has 0 unspecified atom stereocenters. The fourth-order valence-corrected chi connectivity index (χ4v) is 3.52. The fraction of sp³-hybridized carbons (Fsp3) is 0.556. The lowest BCUT2D eigenvalue weighted by Crippen LogP contribution is -2.53. The predicted molar refractivity (Wildman–Crippen MR) is 101 cm³/mol. The predicted octanol–water partition coefficient (Wildman–Crippen LogP) is 1.16. The van der Waals surface area contributed by atoms with E-state index in [0.29, 0.717) is 23.2 Å². The number of rotatable bonds is 4. The van der Waals surface area contributed by atoms with E-state index in [4.69, 9.17) is 4.74 Å². The van der Waals surface area contributed by atoms with Crippen LogP contribution in [0.2, 0.25) is 0 Å². The second-order valence-corrected chi connectivity index (χ2v) is 6.70. The van der Waals surface area contributed by atoms with E-state index in [0.717, 1.165) is 39.3 Å². The first-order valence-electron chi connectivity index (χ1n) is 9.03. The van der Waals surface area contributed by atoms with Gasteiger partial charge in [-0.05, 0) is 31.2 Å². The molecule has 3 amide bonds. The number of nitrogens with one attached hydrogen (secondary N) is 3. The highest BCUT2D eigenvalue weighted by atomic mass is 16.5. The minimum atomic E-state index is -0.190. The average Bonchev–Trinajstić information content (AvgIpc) is 3.16. The summed E-state index contributed by atoms with van der Waals surface area (Å²) in [5, 5.41) is 9.01. The molecule has 0 saturated carbocycles. The Balaban J connectivity index is 1.57.